The van der Waals surface area contributed by atoms with Gasteiger partial charge in [0.05, 0.1) is 13.2 Å². The van der Waals surface area contributed by atoms with Crippen molar-refractivity contribution in [1.29, 1.82) is 0 Å². The van der Waals surface area contributed by atoms with Gasteiger partial charge in [0.15, 0.2) is 14.5 Å². The normalized spacial score (nSPS) is 25.7. The number of rotatable bonds is 8. The Morgan fingerprint density at radius 2 is 1.97 bits per heavy atom. The maximum absolute atomic E-state index is 12.3. The standard InChI is InChI=1S/C19H35N3O6Si/c1-19(2,3)29(6,7)28-16-15(24)13(12-26-11-10-21(4)5)27-17(16)22-9-8-14(23)20-18(22)25/h8-9,13,15-17,24H,10-12H2,1-7H3,(H,20,23,25)/t13-,15+,16?,17-/m1/s1. The second kappa shape index (κ2) is 9.23. The van der Waals surface area contributed by atoms with Crippen LogP contribution in [0.5, 0.6) is 0 Å². The van der Waals surface area contributed by atoms with E-state index in [0.29, 0.717) is 6.61 Å². The molecule has 1 aromatic heterocycles. The molecule has 0 saturated carbocycles. The summed E-state index contributed by atoms with van der Waals surface area (Å²) in [7, 11) is 1.63. The van der Waals surface area contributed by atoms with Crippen molar-refractivity contribution >= 4 is 8.32 Å². The van der Waals surface area contributed by atoms with E-state index in [1.807, 2.05) is 19.0 Å². The summed E-state index contributed by atoms with van der Waals surface area (Å²) in [6, 6.07) is 1.25. The van der Waals surface area contributed by atoms with Crippen LogP contribution in [0, 0.1) is 0 Å². The molecule has 4 atom stereocenters. The van der Waals surface area contributed by atoms with E-state index in [1.165, 1.54) is 16.8 Å². The first-order chi connectivity index (χ1) is 13.3. The lowest BCUT2D eigenvalue weighted by Crippen LogP contribution is -2.49. The van der Waals surface area contributed by atoms with Gasteiger partial charge in [-0.25, -0.2) is 4.79 Å². The number of nitrogens with zero attached hydrogens (tertiary/aromatic N) is 2. The number of H-pyrrole nitrogens is 1. The van der Waals surface area contributed by atoms with Crippen molar-refractivity contribution in [1.82, 2.24) is 14.5 Å². The van der Waals surface area contributed by atoms with E-state index in [9.17, 15) is 14.7 Å². The van der Waals surface area contributed by atoms with Gasteiger partial charge < -0.3 is 23.9 Å². The molecule has 166 valence electrons. The van der Waals surface area contributed by atoms with Crippen molar-refractivity contribution in [3.05, 3.63) is 33.1 Å². The Balaban J connectivity index is 2.27. The van der Waals surface area contributed by atoms with Crippen LogP contribution in [0.4, 0.5) is 0 Å². The highest BCUT2D eigenvalue weighted by molar-refractivity contribution is 6.74. The number of aliphatic hydroxyl groups excluding tert-OH is 1. The van der Waals surface area contributed by atoms with Crippen molar-refractivity contribution in [2.45, 2.75) is 63.4 Å². The summed E-state index contributed by atoms with van der Waals surface area (Å²) >= 11 is 0. The summed E-state index contributed by atoms with van der Waals surface area (Å²) in [6.45, 7) is 11.9. The van der Waals surface area contributed by atoms with Gasteiger partial charge in [-0.15, -0.1) is 0 Å². The van der Waals surface area contributed by atoms with E-state index >= 15 is 0 Å². The first kappa shape index (κ1) is 24.0. The molecule has 2 N–H and O–H groups in total. The number of hydrogen-bond acceptors (Lipinski definition) is 7. The minimum absolute atomic E-state index is 0.0898. The smallest absolute Gasteiger partial charge is 0.330 e. The molecule has 1 aliphatic heterocycles. The fourth-order valence-corrected chi connectivity index (χ4v) is 4.09. The van der Waals surface area contributed by atoms with Crippen LogP contribution < -0.4 is 11.2 Å². The average Bonchev–Trinajstić information content (AvgIpc) is 2.86. The Morgan fingerprint density at radius 1 is 1.31 bits per heavy atom. The van der Waals surface area contributed by atoms with Gasteiger partial charge in [-0.2, -0.15) is 0 Å². The van der Waals surface area contributed by atoms with E-state index < -0.39 is 44.1 Å². The molecule has 29 heavy (non-hydrogen) atoms. The van der Waals surface area contributed by atoms with Crippen molar-refractivity contribution in [2.75, 3.05) is 33.9 Å². The van der Waals surface area contributed by atoms with E-state index in [1.54, 1.807) is 0 Å². The maximum atomic E-state index is 12.3. The lowest BCUT2D eigenvalue weighted by atomic mass is 10.1. The Bertz CT molecular complexity index is 785. The van der Waals surface area contributed by atoms with Crippen LogP contribution in [0.1, 0.15) is 27.0 Å². The molecule has 1 unspecified atom stereocenters. The van der Waals surface area contributed by atoms with Gasteiger partial charge >= 0.3 is 5.69 Å². The number of likely N-dealkylation sites (N-methyl/N-ethyl adjacent to an activating group) is 1. The molecule has 1 saturated heterocycles. The molecule has 0 aromatic carbocycles. The minimum atomic E-state index is -2.27. The Kier molecular flexibility index (Phi) is 7.63. The molecule has 10 heteroatoms. The third kappa shape index (κ3) is 5.86. The fourth-order valence-electron chi connectivity index (χ4n) is 2.80. The van der Waals surface area contributed by atoms with Crippen molar-refractivity contribution in [3.8, 4) is 0 Å². The number of aromatic nitrogens is 2. The van der Waals surface area contributed by atoms with E-state index in [4.69, 9.17) is 13.9 Å². The second-order valence-electron chi connectivity index (χ2n) is 9.29. The SMILES string of the molecule is CN(C)CCOC[C@H]1O[C@@H](n2ccc(=O)[nH]c2=O)C(O[Si](C)(C)C(C)(C)C)[C@H]1O. The van der Waals surface area contributed by atoms with Crippen LogP contribution in [0.3, 0.4) is 0 Å². The van der Waals surface area contributed by atoms with Gasteiger partial charge in [-0.1, -0.05) is 20.8 Å². The van der Waals surface area contributed by atoms with Gasteiger partial charge in [0.1, 0.15) is 18.3 Å². The molecule has 0 spiro atoms. The zero-order valence-corrected chi connectivity index (χ0v) is 19.5. The zero-order valence-electron chi connectivity index (χ0n) is 18.5. The molecular weight excluding hydrogens is 394 g/mol. The quantitative estimate of drug-likeness (QED) is 0.464. The molecule has 1 aromatic rings. The van der Waals surface area contributed by atoms with Gasteiger partial charge in [0, 0.05) is 18.8 Å². The highest BCUT2D eigenvalue weighted by Gasteiger charge is 2.50. The number of aliphatic hydroxyl groups is 1. The molecule has 0 aliphatic carbocycles. The van der Waals surface area contributed by atoms with E-state index in [2.05, 4.69) is 38.8 Å². The Labute approximate surface area is 172 Å². The summed E-state index contributed by atoms with van der Waals surface area (Å²) in [5.41, 5.74) is -1.09. The first-order valence-electron chi connectivity index (χ1n) is 9.89. The highest BCUT2D eigenvalue weighted by atomic mass is 28.4. The van der Waals surface area contributed by atoms with Gasteiger partial charge in [0.25, 0.3) is 5.56 Å². The average molecular weight is 430 g/mol. The third-order valence-corrected chi connectivity index (χ3v) is 10.1. The largest absolute Gasteiger partial charge is 0.407 e. The molecule has 9 nitrogen and oxygen atoms in total. The number of hydrogen-bond donors (Lipinski definition) is 2. The van der Waals surface area contributed by atoms with Crippen LogP contribution >= 0.6 is 0 Å². The Morgan fingerprint density at radius 3 is 2.52 bits per heavy atom. The molecule has 0 bridgehead atoms. The lowest BCUT2D eigenvalue weighted by Gasteiger charge is -2.40. The predicted octanol–water partition coefficient (Wildman–Crippen LogP) is 0.764. The molecule has 2 rings (SSSR count). The molecular formula is C19H35N3O6Si. The summed E-state index contributed by atoms with van der Waals surface area (Å²) in [5.74, 6) is 0. The minimum Gasteiger partial charge on any atom is -0.407 e. The predicted molar refractivity (Wildman–Crippen MR) is 113 cm³/mol. The van der Waals surface area contributed by atoms with Gasteiger partial charge in [-0.3, -0.25) is 14.3 Å². The van der Waals surface area contributed by atoms with Crippen LogP contribution in [0.15, 0.2) is 21.9 Å². The zero-order chi connectivity index (χ0) is 22.0. The fraction of sp³-hybridized carbons (Fsp3) is 0.789. The molecule has 2 heterocycles. The summed E-state index contributed by atoms with van der Waals surface area (Å²) in [4.78, 5) is 28.0. The van der Waals surface area contributed by atoms with E-state index in [0.717, 1.165) is 6.54 Å². The second-order valence-corrected chi connectivity index (χ2v) is 14.1. The summed E-state index contributed by atoms with van der Waals surface area (Å²) in [5, 5.41) is 10.9. The summed E-state index contributed by atoms with van der Waals surface area (Å²) < 4.78 is 19.4. The third-order valence-electron chi connectivity index (χ3n) is 5.64. The van der Waals surface area contributed by atoms with E-state index in [-0.39, 0.29) is 11.6 Å². The van der Waals surface area contributed by atoms with Crippen LogP contribution in [-0.4, -0.2) is 80.0 Å². The first-order valence-corrected chi connectivity index (χ1v) is 12.8. The number of ether oxygens (including phenoxy) is 2. The number of nitrogens with one attached hydrogen (secondary N) is 1. The molecule has 0 radical (unpaired) electrons. The number of aromatic amines is 1. The van der Waals surface area contributed by atoms with Crippen LogP contribution in [0.25, 0.3) is 0 Å². The lowest BCUT2D eigenvalue weighted by molar-refractivity contribution is -0.0684. The van der Waals surface area contributed by atoms with Crippen molar-refractivity contribution in [3.63, 3.8) is 0 Å². The molecule has 0 amide bonds. The maximum Gasteiger partial charge on any atom is 0.330 e. The van der Waals surface area contributed by atoms with Crippen LogP contribution in [-0.2, 0) is 13.9 Å². The highest BCUT2D eigenvalue weighted by Crippen LogP contribution is 2.41. The molecule has 1 fully saturated rings. The van der Waals surface area contributed by atoms with Crippen LogP contribution in [0.2, 0.25) is 18.1 Å². The Hall–Kier alpha value is -1.30. The van der Waals surface area contributed by atoms with Crippen molar-refractivity contribution < 1.29 is 19.0 Å². The topological polar surface area (TPSA) is 106 Å². The van der Waals surface area contributed by atoms with Gasteiger partial charge in [-0.05, 0) is 32.2 Å². The summed E-state index contributed by atoms with van der Waals surface area (Å²) in [6.07, 6.45) is -1.84. The van der Waals surface area contributed by atoms with Gasteiger partial charge in [0.2, 0.25) is 0 Å². The van der Waals surface area contributed by atoms with Crippen molar-refractivity contribution in [2.24, 2.45) is 0 Å². The molecule has 1 aliphatic rings. The monoisotopic (exact) mass is 429 g/mol.